The molecule has 0 radical (unpaired) electrons. The summed E-state index contributed by atoms with van der Waals surface area (Å²) in [6.07, 6.45) is 4.17. The van der Waals surface area contributed by atoms with E-state index in [2.05, 4.69) is 32.8 Å². The number of rotatable bonds is 4. The minimum absolute atomic E-state index is 0.505. The molecule has 5 heteroatoms. The van der Waals surface area contributed by atoms with Gasteiger partial charge in [0.25, 0.3) is 0 Å². The molecule has 1 heterocycles. The first-order valence-electron chi connectivity index (χ1n) is 4.42. The van der Waals surface area contributed by atoms with E-state index in [4.69, 9.17) is 11.6 Å². The smallest absolute Gasteiger partial charge is 0.150 e. The van der Waals surface area contributed by atoms with Gasteiger partial charge in [-0.05, 0) is 6.42 Å². The fourth-order valence-corrected chi connectivity index (χ4v) is 1.52. The van der Waals surface area contributed by atoms with Gasteiger partial charge in [0.2, 0.25) is 0 Å². The zero-order chi connectivity index (χ0) is 10.6. The van der Waals surface area contributed by atoms with Crippen molar-refractivity contribution in [3.05, 3.63) is 17.5 Å². The lowest BCUT2D eigenvalue weighted by Gasteiger charge is -2.19. The van der Waals surface area contributed by atoms with E-state index >= 15 is 0 Å². The second kappa shape index (κ2) is 5.51. The maximum Gasteiger partial charge on any atom is 0.150 e. The molecule has 78 valence electrons. The molecule has 0 spiro atoms. The average molecular weight is 279 g/mol. The summed E-state index contributed by atoms with van der Waals surface area (Å²) in [6.45, 7) is 3.04. The SMILES string of the molecule is CC(Br)CCN(C)c1ncncc1Cl. The van der Waals surface area contributed by atoms with E-state index in [0.29, 0.717) is 9.85 Å². The van der Waals surface area contributed by atoms with E-state index in [-0.39, 0.29) is 0 Å². The Balaban J connectivity index is 2.60. The highest BCUT2D eigenvalue weighted by Gasteiger charge is 2.07. The molecule has 1 aromatic heterocycles. The van der Waals surface area contributed by atoms with Gasteiger partial charge in [-0.15, -0.1) is 0 Å². The molecular formula is C9H13BrClN3. The van der Waals surface area contributed by atoms with Gasteiger partial charge in [-0.25, -0.2) is 9.97 Å². The lowest BCUT2D eigenvalue weighted by molar-refractivity contribution is 0.777. The van der Waals surface area contributed by atoms with Gasteiger partial charge in [0.1, 0.15) is 11.3 Å². The topological polar surface area (TPSA) is 29.0 Å². The van der Waals surface area contributed by atoms with Crippen molar-refractivity contribution >= 4 is 33.3 Å². The van der Waals surface area contributed by atoms with Crippen LogP contribution in [0.3, 0.4) is 0 Å². The van der Waals surface area contributed by atoms with Crippen molar-refractivity contribution in [2.45, 2.75) is 18.2 Å². The van der Waals surface area contributed by atoms with E-state index in [0.717, 1.165) is 18.8 Å². The zero-order valence-corrected chi connectivity index (χ0v) is 10.6. The normalized spacial score (nSPS) is 12.6. The van der Waals surface area contributed by atoms with Crippen LogP contribution in [0.4, 0.5) is 5.82 Å². The molecule has 0 fully saturated rings. The molecule has 14 heavy (non-hydrogen) atoms. The van der Waals surface area contributed by atoms with E-state index in [1.165, 1.54) is 6.33 Å². The van der Waals surface area contributed by atoms with Crippen LogP contribution in [0.2, 0.25) is 5.02 Å². The predicted octanol–water partition coefficient (Wildman–Crippen LogP) is 2.74. The van der Waals surface area contributed by atoms with E-state index in [1.54, 1.807) is 6.20 Å². The minimum atomic E-state index is 0.505. The molecule has 3 nitrogen and oxygen atoms in total. The van der Waals surface area contributed by atoms with Crippen LogP contribution >= 0.6 is 27.5 Å². The molecule has 0 N–H and O–H groups in total. The fourth-order valence-electron chi connectivity index (χ4n) is 1.06. The van der Waals surface area contributed by atoms with E-state index < -0.39 is 0 Å². The van der Waals surface area contributed by atoms with Gasteiger partial charge in [-0.2, -0.15) is 0 Å². The first-order chi connectivity index (χ1) is 6.61. The van der Waals surface area contributed by atoms with Crippen LogP contribution in [0.15, 0.2) is 12.5 Å². The van der Waals surface area contributed by atoms with Gasteiger partial charge in [0.05, 0.1) is 6.20 Å². The Labute approximate surface area is 97.6 Å². The standard InChI is InChI=1S/C9H13BrClN3/c1-7(10)3-4-14(2)9-8(11)5-12-6-13-9/h5-7H,3-4H2,1-2H3. The largest absolute Gasteiger partial charge is 0.358 e. The number of halogens is 2. The summed E-state index contributed by atoms with van der Waals surface area (Å²) in [5.74, 6) is 0.787. The highest BCUT2D eigenvalue weighted by molar-refractivity contribution is 9.09. The summed E-state index contributed by atoms with van der Waals surface area (Å²) < 4.78 is 0. The van der Waals surface area contributed by atoms with Crippen LogP contribution in [-0.4, -0.2) is 28.4 Å². The summed E-state index contributed by atoms with van der Waals surface area (Å²) in [5, 5.41) is 0.595. The molecule has 0 aliphatic carbocycles. The summed E-state index contributed by atoms with van der Waals surface area (Å²) in [7, 11) is 1.98. The fraction of sp³-hybridized carbons (Fsp3) is 0.556. The summed E-state index contributed by atoms with van der Waals surface area (Å²) in [4.78, 5) is 10.5. The zero-order valence-electron chi connectivity index (χ0n) is 8.24. The third-order valence-corrected chi connectivity index (χ3v) is 2.60. The summed E-state index contributed by atoms with van der Waals surface area (Å²) in [6, 6.07) is 0. The van der Waals surface area contributed by atoms with Crippen molar-refractivity contribution in [2.75, 3.05) is 18.5 Å². The Kier molecular flexibility index (Phi) is 4.62. The second-order valence-electron chi connectivity index (χ2n) is 3.19. The van der Waals surface area contributed by atoms with Crippen molar-refractivity contribution in [2.24, 2.45) is 0 Å². The number of nitrogens with zero attached hydrogens (tertiary/aromatic N) is 3. The van der Waals surface area contributed by atoms with Crippen LogP contribution in [0.1, 0.15) is 13.3 Å². The quantitative estimate of drug-likeness (QED) is 0.793. The molecule has 0 bridgehead atoms. The highest BCUT2D eigenvalue weighted by Crippen LogP contribution is 2.20. The molecule has 0 saturated heterocycles. The Hall–Kier alpha value is -0.350. The molecule has 1 rings (SSSR count). The highest BCUT2D eigenvalue weighted by atomic mass is 79.9. The van der Waals surface area contributed by atoms with Crippen molar-refractivity contribution in [3.8, 4) is 0 Å². The van der Waals surface area contributed by atoms with Crippen LogP contribution < -0.4 is 4.90 Å². The van der Waals surface area contributed by atoms with Crippen LogP contribution in [0.5, 0.6) is 0 Å². The summed E-state index contributed by atoms with van der Waals surface area (Å²) in [5.41, 5.74) is 0. The predicted molar refractivity (Wildman–Crippen MR) is 63.3 cm³/mol. The Morgan fingerprint density at radius 2 is 2.36 bits per heavy atom. The van der Waals surface area contributed by atoms with Gasteiger partial charge >= 0.3 is 0 Å². The first-order valence-corrected chi connectivity index (χ1v) is 5.71. The maximum absolute atomic E-state index is 5.96. The van der Waals surface area contributed by atoms with E-state index in [1.807, 2.05) is 11.9 Å². The van der Waals surface area contributed by atoms with Crippen LogP contribution in [-0.2, 0) is 0 Å². The van der Waals surface area contributed by atoms with Gasteiger partial charge in [0, 0.05) is 18.4 Å². The Morgan fingerprint density at radius 3 is 2.93 bits per heavy atom. The maximum atomic E-state index is 5.96. The molecule has 1 aromatic rings. The molecule has 0 saturated carbocycles. The summed E-state index contributed by atoms with van der Waals surface area (Å²) >= 11 is 9.46. The molecule has 1 unspecified atom stereocenters. The van der Waals surface area contributed by atoms with Crippen molar-refractivity contribution in [3.63, 3.8) is 0 Å². The number of aromatic nitrogens is 2. The molecule has 0 aliphatic rings. The minimum Gasteiger partial charge on any atom is -0.358 e. The average Bonchev–Trinajstić information content (AvgIpc) is 2.15. The number of anilines is 1. The second-order valence-corrected chi connectivity index (χ2v) is 5.16. The van der Waals surface area contributed by atoms with Crippen molar-refractivity contribution in [1.29, 1.82) is 0 Å². The molecule has 1 atom stereocenters. The monoisotopic (exact) mass is 277 g/mol. The number of alkyl halides is 1. The molecular weight excluding hydrogens is 265 g/mol. The third-order valence-electron chi connectivity index (χ3n) is 1.87. The lowest BCUT2D eigenvalue weighted by atomic mass is 10.3. The first kappa shape index (κ1) is 11.7. The van der Waals surface area contributed by atoms with Gasteiger partial charge in [0.15, 0.2) is 5.82 Å². The molecule has 0 amide bonds. The Bertz CT molecular complexity index is 293. The van der Waals surface area contributed by atoms with Gasteiger partial charge in [-0.3, -0.25) is 0 Å². The van der Waals surface area contributed by atoms with Gasteiger partial charge < -0.3 is 4.90 Å². The van der Waals surface area contributed by atoms with Crippen molar-refractivity contribution in [1.82, 2.24) is 9.97 Å². The molecule has 0 aliphatic heterocycles. The van der Waals surface area contributed by atoms with Crippen LogP contribution in [0, 0.1) is 0 Å². The van der Waals surface area contributed by atoms with Crippen LogP contribution in [0.25, 0.3) is 0 Å². The van der Waals surface area contributed by atoms with Crippen molar-refractivity contribution < 1.29 is 0 Å². The third kappa shape index (κ3) is 3.42. The Morgan fingerprint density at radius 1 is 1.64 bits per heavy atom. The molecule has 0 aromatic carbocycles. The van der Waals surface area contributed by atoms with Gasteiger partial charge in [-0.1, -0.05) is 34.5 Å². The van der Waals surface area contributed by atoms with E-state index in [9.17, 15) is 0 Å². The number of hydrogen-bond acceptors (Lipinski definition) is 3. The lowest BCUT2D eigenvalue weighted by Crippen LogP contribution is -2.21. The number of hydrogen-bond donors (Lipinski definition) is 0.